The second-order valence-corrected chi connectivity index (χ2v) is 7.92. The van der Waals surface area contributed by atoms with Crippen LogP contribution < -0.4 is 25.8 Å². The summed E-state index contributed by atoms with van der Waals surface area (Å²) in [5.41, 5.74) is 1.63. The highest BCUT2D eigenvalue weighted by atomic mass is 32.2. The van der Waals surface area contributed by atoms with Gasteiger partial charge in [-0.15, -0.1) is 0 Å². The van der Waals surface area contributed by atoms with Gasteiger partial charge < -0.3 is 15.4 Å². The van der Waals surface area contributed by atoms with Crippen molar-refractivity contribution in [1.29, 1.82) is 0 Å². The quantitative estimate of drug-likeness (QED) is 0.614. The van der Waals surface area contributed by atoms with E-state index in [0.29, 0.717) is 18.2 Å². The predicted octanol–water partition coefficient (Wildman–Crippen LogP) is 4.44. The molecule has 0 saturated carbocycles. The number of anilines is 3. The average Bonchev–Trinajstić information content (AvgIpc) is 3.27. The van der Waals surface area contributed by atoms with E-state index in [1.165, 1.54) is 12.1 Å². The first-order valence-corrected chi connectivity index (χ1v) is 9.80. The fourth-order valence-electron chi connectivity index (χ4n) is 3.41. The van der Waals surface area contributed by atoms with Crippen molar-refractivity contribution < 1.29 is 22.7 Å². The van der Waals surface area contributed by atoms with Crippen LogP contribution in [0.15, 0.2) is 63.7 Å². The molecule has 2 aromatic carbocycles. The number of alkyl halides is 3. The van der Waals surface area contributed by atoms with E-state index in [4.69, 9.17) is 9.57 Å². The van der Waals surface area contributed by atoms with Crippen LogP contribution in [-0.2, 0) is 4.84 Å². The average molecular weight is 435 g/mol. The molecule has 1 saturated heterocycles. The molecule has 2 bridgehead atoms. The molecule has 11 heteroatoms. The number of aliphatic imine (C=N–C) groups is 1. The molecule has 156 valence electrons. The van der Waals surface area contributed by atoms with Crippen molar-refractivity contribution in [3.8, 4) is 5.75 Å². The van der Waals surface area contributed by atoms with E-state index >= 15 is 0 Å². The summed E-state index contributed by atoms with van der Waals surface area (Å²) in [6, 6.07) is 11.6. The van der Waals surface area contributed by atoms with Crippen molar-refractivity contribution in [1.82, 2.24) is 5.48 Å². The van der Waals surface area contributed by atoms with Crippen LogP contribution in [0.2, 0.25) is 0 Å². The van der Waals surface area contributed by atoms with Gasteiger partial charge in [0.05, 0.1) is 11.4 Å². The van der Waals surface area contributed by atoms with Crippen LogP contribution in [0.3, 0.4) is 0 Å². The highest BCUT2D eigenvalue weighted by Gasteiger charge is 2.49. The Hall–Kier alpha value is -3.05. The Morgan fingerprint density at radius 3 is 2.77 bits per heavy atom. The van der Waals surface area contributed by atoms with Crippen LogP contribution in [0.5, 0.6) is 5.75 Å². The molecule has 3 heterocycles. The van der Waals surface area contributed by atoms with Gasteiger partial charge in [-0.3, -0.25) is 4.90 Å². The molecule has 0 aromatic heterocycles. The van der Waals surface area contributed by atoms with E-state index in [-0.39, 0.29) is 16.7 Å². The van der Waals surface area contributed by atoms with Gasteiger partial charge in [-0.2, -0.15) is 13.2 Å². The molecule has 1 atom stereocenters. The van der Waals surface area contributed by atoms with Crippen LogP contribution >= 0.6 is 11.8 Å². The number of ether oxygens (including phenoxy) is 1. The van der Waals surface area contributed by atoms with Crippen molar-refractivity contribution in [2.75, 3.05) is 22.3 Å². The van der Waals surface area contributed by atoms with Gasteiger partial charge in [0.25, 0.3) is 0 Å². The van der Waals surface area contributed by atoms with Gasteiger partial charge in [0.2, 0.25) is 0 Å². The number of allylic oxidation sites excluding steroid dienone is 1. The van der Waals surface area contributed by atoms with Crippen LogP contribution in [0.25, 0.3) is 0 Å². The number of hydrogen-bond acceptors (Lipinski definition) is 8. The number of nitrogens with one attached hydrogen (secondary N) is 3. The zero-order chi connectivity index (χ0) is 20.9. The molecule has 5 rings (SSSR count). The molecule has 1 fully saturated rings. The molecule has 3 N–H and O–H groups in total. The first kappa shape index (κ1) is 18.9. The number of fused-ring (bicyclic) bond motifs is 3. The molecular weight excluding hydrogens is 419 g/mol. The lowest BCUT2D eigenvalue weighted by molar-refractivity contribution is -0.0328. The first-order valence-electron chi connectivity index (χ1n) is 8.98. The summed E-state index contributed by atoms with van der Waals surface area (Å²) in [4.78, 5) is 12.3. The van der Waals surface area contributed by atoms with Gasteiger partial charge in [-0.25, -0.2) is 15.3 Å². The van der Waals surface area contributed by atoms with E-state index in [0.717, 1.165) is 22.7 Å². The minimum atomic E-state index is -4.33. The third-order valence-electron chi connectivity index (χ3n) is 4.73. The Balaban J connectivity index is 1.46. The van der Waals surface area contributed by atoms with E-state index in [1.807, 2.05) is 30.0 Å². The lowest BCUT2D eigenvalue weighted by Gasteiger charge is -2.36. The zero-order valence-corrected chi connectivity index (χ0v) is 16.4. The van der Waals surface area contributed by atoms with Gasteiger partial charge in [-0.1, -0.05) is 0 Å². The van der Waals surface area contributed by atoms with E-state index in [9.17, 15) is 13.2 Å². The maximum absolute atomic E-state index is 12.6. The van der Waals surface area contributed by atoms with E-state index in [1.54, 1.807) is 18.3 Å². The van der Waals surface area contributed by atoms with Crippen molar-refractivity contribution in [3.63, 3.8) is 0 Å². The summed E-state index contributed by atoms with van der Waals surface area (Å²) in [7, 11) is 0. The Morgan fingerprint density at radius 1 is 1.20 bits per heavy atom. The SMILES string of the molecule is CC1=C2NOC(Nc3ccc(SC(F)(F)F)cc3)(N=C1)N2c1ccc2c(c1)NCO2. The standard InChI is InChI=1S/C19H16F3N5O2S/c1-11-9-24-19(25-12-2-5-14(6-3-12)30-18(20,21)22)27(17(11)26-29-19)13-4-7-16-15(8-13)23-10-28-16/h2-9,23,25-26H,10H2,1H3. The number of benzene rings is 2. The summed E-state index contributed by atoms with van der Waals surface area (Å²) >= 11 is -0.160. The smallest absolute Gasteiger partial charge is 0.446 e. The highest BCUT2D eigenvalue weighted by molar-refractivity contribution is 8.00. The van der Waals surface area contributed by atoms with Crippen molar-refractivity contribution in [3.05, 3.63) is 53.9 Å². The Labute approximate surface area is 173 Å². The summed E-state index contributed by atoms with van der Waals surface area (Å²) in [5.74, 6) is 0.132. The van der Waals surface area contributed by atoms with Crippen LogP contribution in [-0.4, -0.2) is 24.4 Å². The van der Waals surface area contributed by atoms with Gasteiger partial charge in [0, 0.05) is 22.4 Å². The fraction of sp³-hybridized carbons (Fsp3) is 0.211. The van der Waals surface area contributed by atoms with Crippen LogP contribution in [0, 0.1) is 0 Å². The Morgan fingerprint density at radius 2 is 2.00 bits per heavy atom. The van der Waals surface area contributed by atoms with Gasteiger partial charge in [0.15, 0.2) is 6.73 Å². The number of rotatable bonds is 4. The Bertz CT molecular complexity index is 1060. The number of hydroxylamine groups is 1. The van der Waals surface area contributed by atoms with E-state index < -0.39 is 11.5 Å². The Kier molecular flexibility index (Phi) is 4.26. The summed E-state index contributed by atoms with van der Waals surface area (Å²) in [6.07, 6.45) is 1.68. The van der Waals surface area contributed by atoms with Crippen molar-refractivity contribution in [2.24, 2.45) is 4.99 Å². The van der Waals surface area contributed by atoms with E-state index in [2.05, 4.69) is 21.1 Å². The van der Waals surface area contributed by atoms with Crippen LogP contribution in [0.1, 0.15) is 6.92 Å². The minimum Gasteiger partial charge on any atom is -0.471 e. The number of halogens is 3. The maximum atomic E-state index is 12.6. The lowest BCUT2D eigenvalue weighted by Crippen LogP contribution is -2.51. The summed E-state index contributed by atoms with van der Waals surface area (Å²) in [6.45, 7) is 2.30. The molecule has 0 radical (unpaired) electrons. The second kappa shape index (κ2) is 6.74. The van der Waals surface area contributed by atoms with Crippen molar-refractivity contribution >= 4 is 35.0 Å². The third kappa shape index (κ3) is 3.29. The molecule has 2 aromatic rings. The third-order valence-corrected chi connectivity index (χ3v) is 5.47. The number of thioether (sulfide) groups is 1. The molecule has 30 heavy (non-hydrogen) atoms. The molecular formula is C19H16F3N5O2S. The topological polar surface area (TPSA) is 70.2 Å². The van der Waals surface area contributed by atoms with Gasteiger partial charge in [-0.05, 0) is 61.2 Å². The summed E-state index contributed by atoms with van der Waals surface area (Å²) < 4.78 is 43.2. The second-order valence-electron chi connectivity index (χ2n) is 6.78. The van der Waals surface area contributed by atoms with Gasteiger partial charge >= 0.3 is 11.5 Å². The molecule has 0 aliphatic carbocycles. The molecule has 1 unspecified atom stereocenters. The molecule has 0 spiro atoms. The minimum absolute atomic E-state index is 0.0983. The molecule has 0 amide bonds. The zero-order valence-electron chi connectivity index (χ0n) is 15.6. The highest BCUT2D eigenvalue weighted by Crippen LogP contribution is 2.42. The number of hydrogen-bond donors (Lipinski definition) is 3. The first-order chi connectivity index (χ1) is 14.3. The van der Waals surface area contributed by atoms with Gasteiger partial charge in [0.1, 0.15) is 11.6 Å². The normalized spacial score (nSPS) is 21.8. The predicted molar refractivity (Wildman–Crippen MR) is 108 cm³/mol. The van der Waals surface area contributed by atoms with Crippen molar-refractivity contribution in [2.45, 2.75) is 23.3 Å². The lowest BCUT2D eigenvalue weighted by atomic mass is 10.2. The largest absolute Gasteiger partial charge is 0.471 e. The molecule has 3 aliphatic rings. The fourth-order valence-corrected chi connectivity index (χ4v) is 3.95. The van der Waals surface area contributed by atoms with Crippen LogP contribution in [0.4, 0.5) is 30.2 Å². The molecule has 7 nitrogen and oxygen atoms in total. The monoisotopic (exact) mass is 435 g/mol. The molecule has 3 aliphatic heterocycles. The maximum Gasteiger partial charge on any atom is 0.446 e. The summed E-state index contributed by atoms with van der Waals surface area (Å²) in [5, 5.41) is 6.33. The number of nitrogens with zero attached hydrogens (tertiary/aromatic N) is 2.